The molecule has 9 nitrogen and oxygen atoms in total. The van der Waals surface area contributed by atoms with E-state index in [1.54, 1.807) is 25.6 Å². The van der Waals surface area contributed by atoms with Crippen molar-refractivity contribution in [1.82, 2.24) is 9.66 Å². The molecule has 150 valence electrons. The molecule has 0 aliphatic carbocycles. The first-order valence-electron chi connectivity index (χ1n) is 8.47. The minimum Gasteiger partial charge on any atom is -0.496 e. The molecule has 0 amide bonds. The van der Waals surface area contributed by atoms with Crippen LogP contribution in [0, 0.1) is 17.0 Å². The van der Waals surface area contributed by atoms with E-state index >= 15 is 0 Å². The first kappa shape index (κ1) is 20.2. The highest BCUT2D eigenvalue weighted by molar-refractivity contribution is 6.32. The van der Waals surface area contributed by atoms with Gasteiger partial charge in [0.1, 0.15) is 18.1 Å². The molecule has 0 unspecified atom stereocenters. The van der Waals surface area contributed by atoms with E-state index < -0.39 is 4.92 Å². The van der Waals surface area contributed by atoms with Gasteiger partial charge in [0, 0.05) is 17.7 Å². The first-order valence-corrected chi connectivity index (χ1v) is 8.84. The number of hydrogen-bond acceptors (Lipinski definition) is 7. The predicted octanol–water partition coefficient (Wildman–Crippen LogP) is 3.81. The van der Waals surface area contributed by atoms with Crippen LogP contribution in [0.1, 0.15) is 16.8 Å². The van der Waals surface area contributed by atoms with E-state index in [9.17, 15) is 10.1 Å². The average Bonchev–Trinajstić information content (AvgIpc) is 3.02. The summed E-state index contributed by atoms with van der Waals surface area (Å²) < 4.78 is 12.6. The SMILES string of the molecule is COc1ccc(C=Nn2cc(C)nc2N)cc1COc1ccc([N+](=O)[O-])cc1Cl. The molecule has 3 rings (SSSR count). The van der Waals surface area contributed by atoms with Crippen molar-refractivity contribution in [2.75, 3.05) is 12.8 Å². The molecule has 2 N–H and O–H groups in total. The Morgan fingerprint density at radius 1 is 1.31 bits per heavy atom. The molecule has 0 saturated carbocycles. The molecule has 0 aliphatic heterocycles. The van der Waals surface area contributed by atoms with Crippen molar-refractivity contribution in [3.8, 4) is 11.5 Å². The minimum absolute atomic E-state index is 0.104. The highest BCUT2D eigenvalue weighted by atomic mass is 35.5. The molecular weight excluding hydrogens is 398 g/mol. The molecule has 29 heavy (non-hydrogen) atoms. The fourth-order valence-electron chi connectivity index (χ4n) is 2.59. The average molecular weight is 416 g/mol. The Morgan fingerprint density at radius 2 is 2.07 bits per heavy atom. The number of nitro benzene ring substituents is 1. The van der Waals surface area contributed by atoms with E-state index in [1.807, 2.05) is 19.1 Å². The zero-order valence-corrected chi connectivity index (χ0v) is 16.5. The van der Waals surface area contributed by atoms with Crippen molar-refractivity contribution in [3.63, 3.8) is 0 Å². The van der Waals surface area contributed by atoms with Gasteiger partial charge in [0.25, 0.3) is 5.69 Å². The Hall–Kier alpha value is -3.59. The van der Waals surface area contributed by atoms with Crippen LogP contribution < -0.4 is 15.2 Å². The summed E-state index contributed by atoms with van der Waals surface area (Å²) in [5.74, 6) is 1.25. The van der Waals surface area contributed by atoms with Crippen LogP contribution in [0.4, 0.5) is 11.6 Å². The lowest BCUT2D eigenvalue weighted by molar-refractivity contribution is -0.384. The second-order valence-electron chi connectivity index (χ2n) is 6.06. The normalized spacial score (nSPS) is 11.0. The molecule has 1 heterocycles. The van der Waals surface area contributed by atoms with Gasteiger partial charge < -0.3 is 15.2 Å². The fourth-order valence-corrected chi connectivity index (χ4v) is 2.82. The van der Waals surface area contributed by atoms with Crippen LogP contribution in [0.15, 0.2) is 47.7 Å². The summed E-state index contributed by atoms with van der Waals surface area (Å²) in [5, 5.41) is 15.3. The Morgan fingerprint density at radius 3 is 2.69 bits per heavy atom. The number of aromatic nitrogens is 2. The number of ether oxygens (including phenoxy) is 2. The number of imidazole rings is 1. The van der Waals surface area contributed by atoms with Crippen molar-refractivity contribution in [2.45, 2.75) is 13.5 Å². The van der Waals surface area contributed by atoms with Crippen molar-refractivity contribution >= 4 is 29.5 Å². The molecule has 0 atom stereocenters. The number of anilines is 1. The fraction of sp³-hybridized carbons (Fsp3) is 0.158. The molecule has 0 spiro atoms. The predicted molar refractivity (Wildman–Crippen MR) is 110 cm³/mol. The van der Waals surface area contributed by atoms with Crippen molar-refractivity contribution < 1.29 is 14.4 Å². The Kier molecular flexibility index (Phi) is 5.99. The lowest BCUT2D eigenvalue weighted by Gasteiger charge is -2.12. The summed E-state index contributed by atoms with van der Waals surface area (Å²) in [4.78, 5) is 14.4. The number of methoxy groups -OCH3 is 1. The number of nitrogen functional groups attached to an aromatic ring is 1. The van der Waals surface area contributed by atoms with Gasteiger partial charge in [-0.1, -0.05) is 11.6 Å². The third-order valence-corrected chi connectivity index (χ3v) is 4.28. The van der Waals surface area contributed by atoms with Crippen molar-refractivity contribution in [1.29, 1.82) is 0 Å². The van der Waals surface area contributed by atoms with Gasteiger partial charge in [-0.3, -0.25) is 10.1 Å². The number of aryl methyl sites for hydroxylation is 1. The summed E-state index contributed by atoms with van der Waals surface area (Å²) in [7, 11) is 1.56. The maximum Gasteiger partial charge on any atom is 0.271 e. The van der Waals surface area contributed by atoms with E-state index in [2.05, 4.69) is 10.1 Å². The zero-order valence-electron chi connectivity index (χ0n) is 15.7. The van der Waals surface area contributed by atoms with Gasteiger partial charge in [0.15, 0.2) is 0 Å². The summed E-state index contributed by atoms with van der Waals surface area (Å²) >= 11 is 6.08. The molecule has 0 aliphatic rings. The molecular formula is C19H18ClN5O4. The number of nitrogens with zero attached hydrogens (tertiary/aromatic N) is 4. The monoisotopic (exact) mass is 415 g/mol. The van der Waals surface area contributed by atoms with Crippen LogP contribution in [0.5, 0.6) is 11.5 Å². The molecule has 0 fully saturated rings. The van der Waals surface area contributed by atoms with E-state index in [0.717, 1.165) is 16.8 Å². The van der Waals surface area contributed by atoms with Gasteiger partial charge in [0.2, 0.25) is 5.95 Å². The number of benzene rings is 2. The molecule has 3 aromatic rings. The van der Waals surface area contributed by atoms with Crippen LogP contribution in [-0.4, -0.2) is 27.9 Å². The van der Waals surface area contributed by atoms with E-state index in [-0.39, 0.29) is 17.3 Å². The maximum absolute atomic E-state index is 10.8. The molecule has 10 heteroatoms. The maximum atomic E-state index is 10.8. The lowest BCUT2D eigenvalue weighted by atomic mass is 10.1. The standard InChI is InChI=1S/C19H18ClN5O4/c1-12-10-24(19(21)23-12)22-9-13-3-5-17(28-2)14(7-13)11-29-18-6-4-15(25(26)27)8-16(18)20/h3-10H,11H2,1-2H3,(H2,21,23). The van der Waals surface area contributed by atoms with Gasteiger partial charge in [0.05, 0.1) is 35.2 Å². The van der Waals surface area contributed by atoms with E-state index in [0.29, 0.717) is 17.4 Å². The van der Waals surface area contributed by atoms with Crippen molar-refractivity contribution in [2.24, 2.45) is 5.10 Å². The number of nitro groups is 1. The second kappa shape index (κ2) is 8.61. The Bertz CT molecular complexity index is 1080. The summed E-state index contributed by atoms with van der Waals surface area (Å²) in [5.41, 5.74) is 7.99. The van der Waals surface area contributed by atoms with Crippen LogP contribution in [0.2, 0.25) is 5.02 Å². The van der Waals surface area contributed by atoms with E-state index in [4.69, 9.17) is 26.8 Å². The Balaban J connectivity index is 1.79. The number of non-ortho nitro benzene ring substituents is 1. The largest absolute Gasteiger partial charge is 0.496 e. The van der Waals surface area contributed by atoms with Gasteiger partial charge >= 0.3 is 0 Å². The zero-order chi connectivity index (χ0) is 21.0. The van der Waals surface area contributed by atoms with Gasteiger partial charge in [-0.05, 0) is 36.8 Å². The number of nitrogens with two attached hydrogens (primary N) is 1. The van der Waals surface area contributed by atoms with Crippen LogP contribution in [-0.2, 0) is 6.61 Å². The highest BCUT2D eigenvalue weighted by Gasteiger charge is 2.12. The molecule has 0 bridgehead atoms. The van der Waals surface area contributed by atoms with Crippen LogP contribution >= 0.6 is 11.6 Å². The lowest BCUT2D eigenvalue weighted by Crippen LogP contribution is -2.01. The Labute approximate surface area is 171 Å². The molecule has 1 aromatic heterocycles. The van der Waals surface area contributed by atoms with Crippen molar-refractivity contribution in [3.05, 3.63) is 74.6 Å². The number of rotatable bonds is 7. The number of halogens is 1. The molecule has 0 saturated heterocycles. The highest BCUT2D eigenvalue weighted by Crippen LogP contribution is 2.30. The van der Waals surface area contributed by atoms with Crippen LogP contribution in [0.25, 0.3) is 0 Å². The molecule has 0 radical (unpaired) electrons. The second-order valence-corrected chi connectivity index (χ2v) is 6.47. The third-order valence-electron chi connectivity index (χ3n) is 3.98. The van der Waals surface area contributed by atoms with Gasteiger partial charge in [-0.15, -0.1) is 0 Å². The third kappa shape index (κ3) is 4.82. The summed E-state index contributed by atoms with van der Waals surface area (Å²) in [6.07, 6.45) is 3.36. The molecule has 2 aromatic carbocycles. The summed E-state index contributed by atoms with van der Waals surface area (Å²) in [6, 6.07) is 9.52. The summed E-state index contributed by atoms with van der Waals surface area (Å²) in [6.45, 7) is 1.98. The topological polar surface area (TPSA) is 118 Å². The van der Waals surface area contributed by atoms with Crippen LogP contribution in [0.3, 0.4) is 0 Å². The van der Waals surface area contributed by atoms with Gasteiger partial charge in [-0.25, -0.2) is 9.66 Å². The first-order chi connectivity index (χ1) is 13.9. The smallest absolute Gasteiger partial charge is 0.271 e. The minimum atomic E-state index is -0.518. The van der Waals surface area contributed by atoms with E-state index in [1.165, 1.54) is 22.9 Å². The number of hydrogen-bond donors (Lipinski definition) is 1. The van der Waals surface area contributed by atoms with Gasteiger partial charge in [-0.2, -0.15) is 5.10 Å². The quantitative estimate of drug-likeness (QED) is 0.356.